The number of carbonyl (C=O) groups is 1. The number of aromatic hydroxyl groups is 1. The van der Waals surface area contributed by atoms with E-state index in [1.807, 2.05) is 60.7 Å². The van der Waals surface area contributed by atoms with Crippen LogP contribution in [0.15, 0.2) is 66.7 Å². The molecule has 6 nitrogen and oxygen atoms in total. The molecule has 1 saturated carbocycles. The van der Waals surface area contributed by atoms with Gasteiger partial charge in [0.2, 0.25) is 0 Å². The first-order chi connectivity index (χ1) is 22.1. The predicted octanol–water partition coefficient (Wildman–Crippen LogP) is 8.16. The summed E-state index contributed by atoms with van der Waals surface area (Å²) < 4.78 is 13.5. The monoisotopic (exact) mass is 624 g/mol. The van der Waals surface area contributed by atoms with Crippen LogP contribution in [0.1, 0.15) is 73.7 Å². The fourth-order valence-electron chi connectivity index (χ4n) is 7.44. The Morgan fingerprint density at radius 3 is 2.29 bits per heavy atom. The summed E-state index contributed by atoms with van der Waals surface area (Å²) >= 11 is 1.54. The van der Waals surface area contributed by atoms with Crippen LogP contribution >= 0.6 is 11.3 Å². The van der Waals surface area contributed by atoms with Crippen LogP contribution < -0.4 is 9.47 Å². The number of nitrogens with zero attached hydrogens (tertiary/aromatic N) is 2. The molecule has 0 unspecified atom stereocenters. The Balaban J connectivity index is 1.10. The smallest absolute Gasteiger partial charge is 0.195 e. The molecule has 1 aromatic heterocycles. The van der Waals surface area contributed by atoms with Gasteiger partial charge in [0.1, 0.15) is 30.0 Å². The first-order valence-corrected chi connectivity index (χ1v) is 17.7. The number of rotatable bonds is 10. The standard InChI is InChI=1S/C38H44N2O4S/c41-32-10-8-12-34-35(32)36(38(45-34)28-15-17-29(18-16-28)43-26-25-39-21-6-7-22-39)37(42)27-13-19-30(20-14-27)44-33-11-3-2-9-31(33)40-23-4-1-5-24-40/h8,10,12-20,31,33,41H,1-7,9,11,21-26H2/t31-,33-/m1/s1. The van der Waals surface area contributed by atoms with E-state index >= 15 is 0 Å². The van der Waals surface area contributed by atoms with E-state index < -0.39 is 0 Å². The number of hydrogen-bond acceptors (Lipinski definition) is 7. The summed E-state index contributed by atoms with van der Waals surface area (Å²) in [5.74, 6) is 1.67. The number of phenols is 1. The zero-order valence-electron chi connectivity index (χ0n) is 26.1. The molecule has 0 radical (unpaired) electrons. The van der Waals surface area contributed by atoms with Crippen molar-refractivity contribution >= 4 is 27.2 Å². The van der Waals surface area contributed by atoms with Gasteiger partial charge in [-0.05, 0) is 137 Å². The van der Waals surface area contributed by atoms with Crippen LogP contribution in [0.5, 0.6) is 17.2 Å². The van der Waals surface area contributed by atoms with Crippen molar-refractivity contribution in [3.05, 3.63) is 77.9 Å². The summed E-state index contributed by atoms with van der Waals surface area (Å²) in [5.41, 5.74) is 2.07. The molecule has 3 fully saturated rings. The average Bonchev–Trinajstić information content (AvgIpc) is 3.75. The molecule has 2 atom stereocenters. The van der Waals surface area contributed by atoms with E-state index in [4.69, 9.17) is 9.47 Å². The third-order valence-corrected chi connectivity index (χ3v) is 11.0. The van der Waals surface area contributed by atoms with Gasteiger partial charge in [-0.3, -0.25) is 14.6 Å². The SMILES string of the molecule is O=C(c1ccc(O[C@@H]2CCCC[C@H]2N2CCCCC2)cc1)c1c(-c2ccc(OCCN3CCCC3)cc2)sc2cccc(O)c12. The van der Waals surface area contributed by atoms with E-state index in [-0.39, 0.29) is 17.6 Å². The summed E-state index contributed by atoms with van der Waals surface area (Å²) in [6.45, 7) is 6.28. The first kappa shape index (κ1) is 30.3. The lowest BCUT2D eigenvalue weighted by atomic mass is 9.90. The van der Waals surface area contributed by atoms with Crippen molar-refractivity contribution in [1.29, 1.82) is 0 Å². The van der Waals surface area contributed by atoms with Crippen molar-refractivity contribution in [2.75, 3.05) is 39.3 Å². The second-order valence-corrected chi connectivity index (χ2v) is 13.9. The van der Waals surface area contributed by atoms with E-state index in [0.717, 1.165) is 52.7 Å². The Hall–Kier alpha value is -3.39. The van der Waals surface area contributed by atoms with E-state index in [9.17, 15) is 9.90 Å². The quantitative estimate of drug-likeness (QED) is 0.180. The lowest BCUT2D eigenvalue weighted by molar-refractivity contribution is 0.0261. The minimum Gasteiger partial charge on any atom is -0.507 e. The van der Waals surface area contributed by atoms with Gasteiger partial charge in [0, 0.05) is 33.1 Å². The van der Waals surface area contributed by atoms with Crippen LogP contribution in [0.4, 0.5) is 0 Å². The molecule has 45 heavy (non-hydrogen) atoms. The molecule has 7 rings (SSSR count). The largest absolute Gasteiger partial charge is 0.507 e. The van der Waals surface area contributed by atoms with Crippen LogP contribution in [0.3, 0.4) is 0 Å². The van der Waals surface area contributed by atoms with Crippen molar-refractivity contribution in [2.45, 2.75) is 69.9 Å². The Labute approximate surface area is 270 Å². The van der Waals surface area contributed by atoms with Crippen molar-refractivity contribution in [3.63, 3.8) is 0 Å². The van der Waals surface area contributed by atoms with Crippen molar-refractivity contribution < 1.29 is 19.4 Å². The number of phenolic OH excluding ortho intramolecular Hbond substituents is 1. The molecule has 0 spiro atoms. The summed E-state index contributed by atoms with van der Waals surface area (Å²) in [5, 5.41) is 11.5. The highest BCUT2D eigenvalue weighted by molar-refractivity contribution is 7.22. The Morgan fingerprint density at radius 1 is 0.800 bits per heavy atom. The summed E-state index contributed by atoms with van der Waals surface area (Å²) in [4.78, 5) is 20.1. The second kappa shape index (κ2) is 13.9. The zero-order chi connectivity index (χ0) is 30.6. The van der Waals surface area contributed by atoms with Gasteiger partial charge in [0.05, 0.1) is 5.56 Å². The highest BCUT2D eigenvalue weighted by atomic mass is 32.1. The van der Waals surface area contributed by atoms with Crippen LogP contribution in [-0.2, 0) is 0 Å². The number of benzene rings is 3. The van der Waals surface area contributed by atoms with Gasteiger partial charge in [-0.2, -0.15) is 0 Å². The van der Waals surface area contributed by atoms with Crippen molar-refractivity contribution in [3.8, 4) is 27.7 Å². The molecule has 1 aliphatic carbocycles. The molecule has 236 valence electrons. The predicted molar refractivity (Wildman–Crippen MR) is 182 cm³/mol. The van der Waals surface area contributed by atoms with Crippen LogP contribution in [0.25, 0.3) is 20.5 Å². The Morgan fingerprint density at radius 2 is 1.51 bits per heavy atom. The molecule has 7 heteroatoms. The number of carbonyl (C=O) groups excluding carboxylic acids is 1. The third-order valence-electron chi connectivity index (χ3n) is 9.84. The molecule has 3 aliphatic rings. The molecule has 4 aromatic rings. The topological polar surface area (TPSA) is 62.2 Å². The number of piperidine rings is 1. The number of hydrogen-bond donors (Lipinski definition) is 1. The summed E-state index contributed by atoms with van der Waals surface area (Å²) in [7, 11) is 0. The number of likely N-dealkylation sites (tertiary alicyclic amines) is 2. The minimum atomic E-state index is -0.0981. The number of ether oxygens (including phenoxy) is 2. The Bertz CT molecular complexity index is 1590. The molecule has 1 N–H and O–H groups in total. The average molecular weight is 625 g/mol. The molecular weight excluding hydrogens is 580 g/mol. The lowest BCUT2D eigenvalue weighted by Gasteiger charge is -2.41. The molecule has 0 bridgehead atoms. The van der Waals surface area contributed by atoms with Gasteiger partial charge >= 0.3 is 0 Å². The van der Waals surface area contributed by atoms with Gasteiger partial charge in [0.15, 0.2) is 5.78 Å². The maximum Gasteiger partial charge on any atom is 0.195 e. The maximum atomic E-state index is 14.2. The van der Waals surface area contributed by atoms with E-state index in [2.05, 4.69) is 9.80 Å². The Kier molecular flexibility index (Phi) is 9.38. The van der Waals surface area contributed by atoms with Gasteiger partial charge in [-0.15, -0.1) is 11.3 Å². The lowest BCUT2D eigenvalue weighted by Crippen LogP contribution is -2.49. The molecule has 2 aliphatic heterocycles. The summed E-state index contributed by atoms with van der Waals surface area (Å²) in [6, 6.07) is 21.6. The van der Waals surface area contributed by atoms with Gasteiger partial charge in [0.25, 0.3) is 0 Å². The van der Waals surface area contributed by atoms with Gasteiger partial charge in [-0.25, -0.2) is 0 Å². The van der Waals surface area contributed by atoms with Gasteiger partial charge < -0.3 is 14.6 Å². The second-order valence-electron chi connectivity index (χ2n) is 12.8. The van der Waals surface area contributed by atoms with E-state index in [0.29, 0.717) is 29.2 Å². The first-order valence-electron chi connectivity index (χ1n) is 16.9. The maximum absolute atomic E-state index is 14.2. The molecule has 3 aromatic carbocycles. The van der Waals surface area contributed by atoms with Crippen molar-refractivity contribution in [1.82, 2.24) is 9.80 Å². The molecule has 3 heterocycles. The van der Waals surface area contributed by atoms with E-state index in [1.54, 1.807) is 6.07 Å². The molecule has 0 amide bonds. The molecule has 2 saturated heterocycles. The van der Waals surface area contributed by atoms with Crippen LogP contribution in [0, 0.1) is 0 Å². The third kappa shape index (κ3) is 6.76. The highest BCUT2D eigenvalue weighted by Gasteiger charge is 2.32. The van der Waals surface area contributed by atoms with Gasteiger partial charge in [-0.1, -0.05) is 18.9 Å². The fraction of sp³-hybridized carbons (Fsp3) is 0.447. The van der Waals surface area contributed by atoms with Crippen LogP contribution in [0.2, 0.25) is 0 Å². The van der Waals surface area contributed by atoms with Crippen molar-refractivity contribution in [2.24, 2.45) is 0 Å². The van der Waals surface area contributed by atoms with Crippen LogP contribution in [-0.4, -0.2) is 72.2 Å². The fourth-order valence-corrected chi connectivity index (χ4v) is 8.66. The normalized spacial score (nSPS) is 21.2. The number of thiophene rings is 1. The highest BCUT2D eigenvalue weighted by Crippen LogP contribution is 2.44. The minimum absolute atomic E-state index is 0.0981. The number of fused-ring (bicyclic) bond motifs is 1. The van der Waals surface area contributed by atoms with E-state index in [1.165, 1.54) is 75.8 Å². The number of ketones is 1. The molecular formula is C38H44N2O4S. The summed E-state index contributed by atoms with van der Waals surface area (Å²) in [6.07, 6.45) is 11.4. The zero-order valence-corrected chi connectivity index (χ0v) is 26.9.